The third kappa shape index (κ3) is 3.27. The summed E-state index contributed by atoms with van der Waals surface area (Å²) in [4.78, 5) is 8.87. The van der Waals surface area contributed by atoms with Crippen LogP contribution in [0.2, 0.25) is 0 Å². The van der Waals surface area contributed by atoms with Gasteiger partial charge in [-0.25, -0.2) is 12.7 Å². The highest BCUT2D eigenvalue weighted by molar-refractivity contribution is 7.89. The first-order valence-corrected chi connectivity index (χ1v) is 10.9. The first-order valence-electron chi connectivity index (χ1n) is 9.29. The lowest BCUT2D eigenvalue weighted by Gasteiger charge is -2.15. The summed E-state index contributed by atoms with van der Waals surface area (Å²) in [6.07, 6.45) is 8.14. The molecule has 2 atom stereocenters. The Hall–Kier alpha value is -1.80. The topological polar surface area (TPSA) is 89.2 Å². The van der Waals surface area contributed by atoms with E-state index in [-0.39, 0.29) is 17.6 Å². The number of aromatic nitrogens is 3. The third-order valence-corrected chi connectivity index (χ3v) is 7.47. The van der Waals surface area contributed by atoms with Crippen LogP contribution in [-0.4, -0.2) is 46.7 Å². The van der Waals surface area contributed by atoms with E-state index >= 15 is 0 Å². The summed E-state index contributed by atoms with van der Waals surface area (Å²) in [6, 6.07) is 3.86. The van der Waals surface area contributed by atoms with Crippen LogP contribution in [0.25, 0.3) is 0 Å². The molecule has 1 aliphatic heterocycles. The second-order valence-electron chi connectivity index (χ2n) is 7.19. The van der Waals surface area contributed by atoms with Crippen molar-refractivity contribution < 1.29 is 12.9 Å². The van der Waals surface area contributed by atoms with E-state index in [0.29, 0.717) is 24.9 Å². The molecule has 0 bridgehead atoms. The summed E-state index contributed by atoms with van der Waals surface area (Å²) in [6.45, 7) is 2.47. The van der Waals surface area contributed by atoms with Crippen molar-refractivity contribution >= 4 is 10.0 Å². The molecule has 0 aromatic carbocycles. The van der Waals surface area contributed by atoms with Gasteiger partial charge in [-0.15, -0.1) is 0 Å². The molecule has 1 saturated carbocycles. The summed E-state index contributed by atoms with van der Waals surface area (Å²) in [7, 11) is -3.27. The fourth-order valence-corrected chi connectivity index (χ4v) is 5.25. The van der Waals surface area contributed by atoms with Crippen LogP contribution in [0.4, 0.5) is 0 Å². The summed E-state index contributed by atoms with van der Waals surface area (Å²) < 4.78 is 32.0. The molecular weight excluding hydrogens is 352 g/mol. The zero-order chi connectivity index (χ0) is 18.1. The van der Waals surface area contributed by atoms with E-state index in [2.05, 4.69) is 15.1 Å². The Labute approximate surface area is 153 Å². The molecule has 0 spiro atoms. The van der Waals surface area contributed by atoms with Crippen molar-refractivity contribution in [3.05, 3.63) is 41.8 Å². The van der Waals surface area contributed by atoms with Crippen LogP contribution in [0, 0.1) is 0 Å². The van der Waals surface area contributed by atoms with Gasteiger partial charge in [0.05, 0.1) is 11.7 Å². The molecular formula is C18H24N4O3S. The average Bonchev–Trinajstić information content (AvgIpc) is 3.41. The van der Waals surface area contributed by atoms with Crippen LogP contribution < -0.4 is 0 Å². The molecule has 0 N–H and O–H groups in total. The SMILES string of the molecule is CCS(=O)(=O)N1C[C@@H](c2cccnc2)[C@H](c2nc(C3CCCC3)no2)C1. The van der Waals surface area contributed by atoms with Crippen LogP contribution in [0.1, 0.15) is 67.6 Å². The Kier molecular flexibility index (Phi) is 4.79. The lowest BCUT2D eigenvalue weighted by Crippen LogP contribution is -2.30. The molecule has 1 saturated heterocycles. The van der Waals surface area contributed by atoms with Gasteiger partial charge >= 0.3 is 0 Å². The Bertz CT molecular complexity index is 846. The first kappa shape index (κ1) is 17.6. The molecule has 2 aromatic heterocycles. The molecule has 0 amide bonds. The molecule has 26 heavy (non-hydrogen) atoms. The molecule has 3 heterocycles. The highest BCUT2D eigenvalue weighted by Crippen LogP contribution is 2.41. The smallest absolute Gasteiger partial charge is 0.231 e. The van der Waals surface area contributed by atoms with Crippen LogP contribution in [-0.2, 0) is 10.0 Å². The van der Waals surface area contributed by atoms with E-state index in [1.165, 1.54) is 12.8 Å². The van der Waals surface area contributed by atoms with Crippen molar-refractivity contribution in [1.29, 1.82) is 0 Å². The molecule has 8 heteroatoms. The van der Waals surface area contributed by atoms with Gasteiger partial charge in [0, 0.05) is 37.3 Å². The van der Waals surface area contributed by atoms with Crippen LogP contribution >= 0.6 is 0 Å². The molecule has 2 aromatic rings. The van der Waals surface area contributed by atoms with E-state index in [0.717, 1.165) is 24.2 Å². The van der Waals surface area contributed by atoms with Crippen molar-refractivity contribution in [3.63, 3.8) is 0 Å². The summed E-state index contributed by atoms with van der Waals surface area (Å²) in [5.74, 6) is 1.64. The van der Waals surface area contributed by atoms with Crippen LogP contribution in [0.3, 0.4) is 0 Å². The fourth-order valence-electron chi connectivity index (χ4n) is 4.11. The fraction of sp³-hybridized carbons (Fsp3) is 0.611. The number of nitrogens with zero attached hydrogens (tertiary/aromatic N) is 4. The normalized spacial score (nSPS) is 25.1. The Balaban J connectivity index is 1.65. The third-order valence-electron chi connectivity index (χ3n) is 5.65. The predicted molar refractivity (Wildman–Crippen MR) is 96.3 cm³/mol. The van der Waals surface area contributed by atoms with Gasteiger partial charge in [0.15, 0.2) is 5.82 Å². The first-order chi connectivity index (χ1) is 12.6. The average molecular weight is 376 g/mol. The molecule has 0 unspecified atom stereocenters. The summed E-state index contributed by atoms with van der Waals surface area (Å²) in [5, 5.41) is 4.21. The molecule has 1 aliphatic carbocycles. The monoisotopic (exact) mass is 376 g/mol. The highest BCUT2D eigenvalue weighted by atomic mass is 32.2. The maximum Gasteiger partial charge on any atom is 0.231 e. The maximum atomic E-state index is 12.4. The van der Waals surface area contributed by atoms with Gasteiger partial charge < -0.3 is 4.52 Å². The van der Waals surface area contributed by atoms with Gasteiger partial charge in [0.25, 0.3) is 0 Å². The minimum atomic E-state index is -3.27. The number of rotatable bonds is 5. The number of hydrogen-bond donors (Lipinski definition) is 0. The van der Waals surface area contributed by atoms with Crippen molar-refractivity contribution in [2.45, 2.75) is 50.4 Å². The van der Waals surface area contributed by atoms with E-state index in [1.54, 1.807) is 23.6 Å². The quantitative estimate of drug-likeness (QED) is 0.797. The standard InChI is InChI=1S/C18H24N4O3S/c1-2-26(23,24)22-11-15(14-8-5-9-19-10-14)16(12-22)18-20-17(21-25-18)13-6-3-4-7-13/h5,8-10,13,15-16H,2-4,6-7,11-12H2,1H3/t15-,16+/m0/s1. The molecule has 4 rings (SSSR count). The Morgan fingerprint density at radius 3 is 2.69 bits per heavy atom. The molecule has 0 radical (unpaired) electrons. The number of hydrogen-bond acceptors (Lipinski definition) is 6. The van der Waals surface area contributed by atoms with Crippen molar-refractivity contribution in [1.82, 2.24) is 19.4 Å². The van der Waals surface area contributed by atoms with Crippen molar-refractivity contribution in [2.24, 2.45) is 0 Å². The number of sulfonamides is 1. The molecule has 2 aliphatic rings. The van der Waals surface area contributed by atoms with Crippen molar-refractivity contribution in [3.8, 4) is 0 Å². The van der Waals surface area contributed by atoms with Crippen LogP contribution in [0.5, 0.6) is 0 Å². The lowest BCUT2D eigenvalue weighted by molar-refractivity contribution is 0.342. The van der Waals surface area contributed by atoms with E-state index in [9.17, 15) is 8.42 Å². The van der Waals surface area contributed by atoms with Gasteiger partial charge in [-0.05, 0) is 31.4 Å². The predicted octanol–water partition coefficient (Wildman–Crippen LogP) is 2.65. The summed E-state index contributed by atoms with van der Waals surface area (Å²) in [5.41, 5.74) is 1.01. The minimum absolute atomic E-state index is 0.0260. The lowest BCUT2D eigenvalue weighted by atomic mass is 9.90. The second-order valence-corrected chi connectivity index (χ2v) is 9.45. The van der Waals surface area contributed by atoms with E-state index in [4.69, 9.17) is 4.52 Å². The minimum Gasteiger partial charge on any atom is -0.339 e. The van der Waals surface area contributed by atoms with Gasteiger partial charge in [-0.2, -0.15) is 4.98 Å². The maximum absolute atomic E-state index is 12.4. The largest absolute Gasteiger partial charge is 0.339 e. The zero-order valence-corrected chi connectivity index (χ0v) is 15.7. The van der Waals surface area contributed by atoms with Gasteiger partial charge in [-0.1, -0.05) is 24.1 Å². The molecule has 2 fully saturated rings. The Morgan fingerprint density at radius 1 is 1.23 bits per heavy atom. The van der Waals surface area contributed by atoms with E-state index < -0.39 is 10.0 Å². The van der Waals surface area contributed by atoms with Gasteiger partial charge in [0.2, 0.25) is 15.9 Å². The number of pyridine rings is 1. The van der Waals surface area contributed by atoms with Gasteiger partial charge in [-0.3, -0.25) is 4.98 Å². The Morgan fingerprint density at radius 2 is 2.00 bits per heavy atom. The van der Waals surface area contributed by atoms with Crippen molar-refractivity contribution in [2.75, 3.05) is 18.8 Å². The van der Waals surface area contributed by atoms with Gasteiger partial charge in [0.1, 0.15) is 0 Å². The summed E-state index contributed by atoms with van der Waals surface area (Å²) >= 11 is 0. The van der Waals surface area contributed by atoms with Crippen LogP contribution in [0.15, 0.2) is 29.0 Å². The molecule has 7 nitrogen and oxygen atoms in total. The zero-order valence-electron chi connectivity index (χ0n) is 14.9. The highest BCUT2D eigenvalue weighted by Gasteiger charge is 2.42. The second kappa shape index (κ2) is 7.08. The molecule has 140 valence electrons. The van der Waals surface area contributed by atoms with E-state index in [1.807, 2.05) is 12.1 Å².